The highest BCUT2D eigenvalue weighted by Crippen LogP contribution is 2.30. The summed E-state index contributed by atoms with van der Waals surface area (Å²) in [6, 6.07) is -1.68. The van der Waals surface area contributed by atoms with Crippen molar-refractivity contribution in [2.45, 2.75) is 66.0 Å². The first-order chi connectivity index (χ1) is 12.1. The van der Waals surface area contributed by atoms with Gasteiger partial charge in [-0.25, -0.2) is 9.59 Å². The SMILES string of the molecule is CC(C)(C)OC(=O)N[C@H](C(=O)ON1C(=O)CCC1=O)C(C(=O)O)C(C)(C)C. The third-order valence-corrected chi connectivity index (χ3v) is 3.65. The van der Waals surface area contributed by atoms with Gasteiger partial charge in [0, 0.05) is 12.8 Å². The molecule has 10 nitrogen and oxygen atoms in total. The van der Waals surface area contributed by atoms with E-state index in [4.69, 9.17) is 9.57 Å². The van der Waals surface area contributed by atoms with Crippen LogP contribution in [-0.2, 0) is 28.8 Å². The first-order valence-corrected chi connectivity index (χ1v) is 8.43. The van der Waals surface area contributed by atoms with Crippen LogP contribution in [0.2, 0.25) is 0 Å². The number of hydrogen-bond acceptors (Lipinski definition) is 7. The standard InChI is InChI=1S/C17H26N2O8/c1-16(2,3)11(13(22)23)12(18-15(25)26-17(4,5)6)14(24)27-19-9(20)7-8-10(19)21/h11-12H,7-8H2,1-6H3,(H,18,25)(H,22,23)/t11?,12-/m0/s1. The topological polar surface area (TPSA) is 139 Å². The predicted molar refractivity (Wildman–Crippen MR) is 90.9 cm³/mol. The molecule has 1 aliphatic rings. The second-order valence-electron chi connectivity index (χ2n) is 8.30. The summed E-state index contributed by atoms with van der Waals surface area (Å²) in [6.45, 7) is 9.48. The number of aliphatic carboxylic acids is 1. The largest absolute Gasteiger partial charge is 0.481 e. The highest BCUT2D eigenvalue weighted by molar-refractivity contribution is 6.02. The Kier molecular flexibility index (Phi) is 6.58. The zero-order chi connectivity index (χ0) is 21.2. The van der Waals surface area contributed by atoms with Crippen LogP contribution in [0.1, 0.15) is 54.4 Å². The van der Waals surface area contributed by atoms with Crippen LogP contribution >= 0.6 is 0 Å². The van der Waals surface area contributed by atoms with Crippen LogP contribution in [0.25, 0.3) is 0 Å². The van der Waals surface area contributed by atoms with Crippen molar-refractivity contribution in [3.05, 3.63) is 0 Å². The molecule has 2 N–H and O–H groups in total. The number of carboxylic acid groups (broad SMARTS) is 1. The maximum atomic E-state index is 12.6. The van der Waals surface area contributed by atoms with Crippen molar-refractivity contribution in [2.75, 3.05) is 0 Å². The Morgan fingerprint density at radius 3 is 1.89 bits per heavy atom. The lowest BCUT2D eigenvalue weighted by Gasteiger charge is -2.33. The summed E-state index contributed by atoms with van der Waals surface area (Å²) in [7, 11) is 0. The minimum Gasteiger partial charge on any atom is -0.481 e. The number of hydroxylamine groups is 2. The lowest BCUT2D eigenvalue weighted by molar-refractivity contribution is -0.201. The zero-order valence-corrected chi connectivity index (χ0v) is 16.3. The van der Waals surface area contributed by atoms with Crippen LogP contribution in [0.15, 0.2) is 0 Å². The first-order valence-electron chi connectivity index (χ1n) is 8.43. The van der Waals surface area contributed by atoms with E-state index in [1.54, 1.807) is 41.5 Å². The van der Waals surface area contributed by atoms with Crippen LogP contribution in [0, 0.1) is 11.3 Å². The van der Waals surface area contributed by atoms with E-state index in [1.165, 1.54) is 0 Å². The average molecular weight is 386 g/mol. The Balaban J connectivity index is 3.13. The lowest BCUT2D eigenvalue weighted by Crippen LogP contribution is -2.55. The van der Waals surface area contributed by atoms with Crippen molar-refractivity contribution in [3.8, 4) is 0 Å². The summed E-state index contributed by atoms with van der Waals surface area (Å²) in [4.78, 5) is 64.6. The Labute approximate surface area is 157 Å². The molecule has 152 valence electrons. The van der Waals surface area contributed by atoms with Crippen LogP contribution in [0.3, 0.4) is 0 Å². The molecule has 0 aliphatic carbocycles. The number of carboxylic acids is 1. The van der Waals surface area contributed by atoms with Crippen molar-refractivity contribution in [1.82, 2.24) is 10.4 Å². The van der Waals surface area contributed by atoms with Crippen LogP contribution < -0.4 is 5.32 Å². The lowest BCUT2D eigenvalue weighted by atomic mass is 9.76. The van der Waals surface area contributed by atoms with Gasteiger partial charge in [-0.3, -0.25) is 14.4 Å². The molecule has 1 heterocycles. The highest BCUT2D eigenvalue weighted by Gasteiger charge is 2.46. The molecule has 0 spiro atoms. The molecule has 0 radical (unpaired) electrons. The van der Waals surface area contributed by atoms with E-state index in [9.17, 15) is 29.1 Å². The maximum absolute atomic E-state index is 12.6. The van der Waals surface area contributed by atoms with Gasteiger partial charge in [-0.05, 0) is 26.2 Å². The number of carbonyl (C=O) groups is 5. The number of carbonyl (C=O) groups excluding carboxylic acids is 4. The monoisotopic (exact) mass is 386 g/mol. The van der Waals surface area contributed by atoms with E-state index in [1.807, 2.05) is 0 Å². The second-order valence-corrected chi connectivity index (χ2v) is 8.30. The van der Waals surface area contributed by atoms with Crippen molar-refractivity contribution >= 4 is 29.8 Å². The van der Waals surface area contributed by atoms with Gasteiger partial charge < -0.3 is 20.0 Å². The third kappa shape index (κ3) is 6.22. The van der Waals surface area contributed by atoms with Gasteiger partial charge in [-0.15, -0.1) is 5.06 Å². The molecule has 2 atom stereocenters. The summed E-state index contributed by atoms with van der Waals surface area (Å²) < 4.78 is 5.07. The molecule has 0 bridgehead atoms. The van der Waals surface area contributed by atoms with E-state index >= 15 is 0 Å². The zero-order valence-electron chi connectivity index (χ0n) is 16.3. The Bertz CT molecular complexity index is 628. The number of amides is 3. The van der Waals surface area contributed by atoms with Crippen molar-refractivity contribution in [3.63, 3.8) is 0 Å². The predicted octanol–water partition coefficient (Wildman–Crippen LogP) is 1.23. The fourth-order valence-corrected chi connectivity index (χ4v) is 2.53. The summed E-state index contributed by atoms with van der Waals surface area (Å²) >= 11 is 0. The van der Waals surface area contributed by atoms with Crippen molar-refractivity contribution in [1.29, 1.82) is 0 Å². The van der Waals surface area contributed by atoms with Crippen molar-refractivity contribution < 1.29 is 38.7 Å². The Hall–Kier alpha value is -2.65. The second kappa shape index (κ2) is 7.93. The number of alkyl carbamates (subject to hydrolysis) is 1. The quantitative estimate of drug-likeness (QED) is 0.673. The van der Waals surface area contributed by atoms with Gasteiger partial charge in [0.15, 0.2) is 0 Å². The summed E-state index contributed by atoms with van der Waals surface area (Å²) in [6.07, 6.45) is -1.26. The summed E-state index contributed by atoms with van der Waals surface area (Å²) in [5.41, 5.74) is -1.86. The van der Waals surface area contributed by atoms with Gasteiger partial charge in [-0.2, -0.15) is 0 Å². The van der Waals surface area contributed by atoms with Gasteiger partial charge in [0.25, 0.3) is 11.8 Å². The number of nitrogens with one attached hydrogen (secondary N) is 1. The molecular weight excluding hydrogens is 360 g/mol. The molecule has 1 fully saturated rings. The first kappa shape index (κ1) is 22.4. The fourth-order valence-electron chi connectivity index (χ4n) is 2.53. The van der Waals surface area contributed by atoms with Crippen LogP contribution in [0.4, 0.5) is 4.79 Å². The minimum atomic E-state index is -1.68. The molecule has 0 saturated carbocycles. The molecule has 1 rings (SSSR count). The van der Waals surface area contributed by atoms with Gasteiger partial charge in [0.2, 0.25) is 0 Å². The molecule has 27 heavy (non-hydrogen) atoms. The van der Waals surface area contributed by atoms with Crippen LogP contribution in [-0.4, -0.2) is 51.7 Å². The molecule has 0 aromatic heterocycles. The maximum Gasteiger partial charge on any atom is 0.408 e. The van der Waals surface area contributed by atoms with E-state index in [0.717, 1.165) is 0 Å². The minimum absolute atomic E-state index is 0.113. The summed E-state index contributed by atoms with van der Waals surface area (Å²) in [5, 5.41) is 12.1. The molecule has 0 aromatic carbocycles. The number of hydrogen-bond donors (Lipinski definition) is 2. The fraction of sp³-hybridized carbons (Fsp3) is 0.706. The molecule has 1 unspecified atom stereocenters. The molecule has 1 aliphatic heterocycles. The van der Waals surface area contributed by atoms with E-state index in [0.29, 0.717) is 5.06 Å². The number of imide groups is 1. The molecule has 1 saturated heterocycles. The molecule has 0 aromatic rings. The number of rotatable bonds is 5. The van der Waals surface area contributed by atoms with Gasteiger partial charge in [0.1, 0.15) is 11.6 Å². The van der Waals surface area contributed by atoms with Gasteiger partial charge >= 0.3 is 18.0 Å². The number of ether oxygens (including phenoxy) is 1. The molecule has 10 heteroatoms. The number of nitrogens with zero attached hydrogens (tertiary/aromatic N) is 1. The van der Waals surface area contributed by atoms with Crippen LogP contribution in [0.5, 0.6) is 0 Å². The van der Waals surface area contributed by atoms with E-state index < -0.39 is 52.8 Å². The Morgan fingerprint density at radius 2 is 1.52 bits per heavy atom. The van der Waals surface area contributed by atoms with Crippen molar-refractivity contribution in [2.24, 2.45) is 11.3 Å². The molecular formula is C17H26N2O8. The summed E-state index contributed by atoms with van der Waals surface area (Å²) in [5.74, 6) is -5.45. The molecule has 3 amide bonds. The van der Waals surface area contributed by atoms with Gasteiger partial charge in [0.05, 0.1) is 5.92 Å². The normalized spacial score (nSPS) is 17.3. The van der Waals surface area contributed by atoms with E-state index in [2.05, 4.69) is 5.32 Å². The average Bonchev–Trinajstić information content (AvgIpc) is 2.74. The van der Waals surface area contributed by atoms with Gasteiger partial charge in [-0.1, -0.05) is 20.8 Å². The van der Waals surface area contributed by atoms with E-state index in [-0.39, 0.29) is 12.8 Å². The smallest absolute Gasteiger partial charge is 0.408 e. The highest BCUT2D eigenvalue weighted by atomic mass is 16.7. The third-order valence-electron chi connectivity index (χ3n) is 3.65. The Morgan fingerprint density at radius 1 is 1.04 bits per heavy atom.